The predicted molar refractivity (Wildman–Crippen MR) is 111 cm³/mol. The maximum absolute atomic E-state index is 12.2. The van der Waals surface area contributed by atoms with E-state index in [1.807, 2.05) is 36.4 Å². The number of fused-ring (bicyclic) bond motifs is 1. The van der Waals surface area contributed by atoms with Crippen molar-refractivity contribution in [3.8, 4) is 0 Å². The first-order chi connectivity index (χ1) is 14.1. The number of amides is 2. The number of carbonyl (C=O) groups is 3. The Morgan fingerprint density at radius 3 is 2.48 bits per heavy atom. The van der Waals surface area contributed by atoms with Crippen LogP contribution in [0.15, 0.2) is 66.7 Å². The van der Waals surface area contributed by atoms with Crippen LogP contribution >= 0.6 is 0 Å². The quantitative estimate of drug-likeness (QED) is 0.675. The zero-order valence-electron chi connectivity index (χ0n) is 15.8. The molecule has 1 aliphatic rings. The van der Waals surface area contributed by atoms with Gasteiger partial charge in [-0.2, -0.15) is 0 Å². The summed E-state index contributed by atoms with van der Waals surface area (Å²) in [5.74, 6) is -0.906. The minimum atomic E-state index is -0.586. The van der Waals surface area contributed by atoms with Crippen molar-refractivity contribution in [2.45, 2.75) is 12.8 Å². The number of benzene rings is 3. The van der Waals surface area contributed by atoms with Crippen molar-refractivity contribution in [2.75, 3.05) is 23.4 Å². The lowest BCUT2D eigenvalue weighted by molar-refractivity contribution is -0.119. The van der Waals surface area contributed by atoms with E-state index in [2.05, 4.69) is 5.32 Å². The molecule has 0 radical (unpaired) electrons. The van der Waals surface area contributed by atoms with E-state index in [0.717, 1.165) is 22.9 Å². The second-order valence-electron chi connectivity index (χ2n) is 6.85. The fourth-order valence-corrected chi connectivity index (χ4v) is 3.43. The third-order valence-corrected chi connectivity index (χ3v) is 4.89. The van der Waals surface area contributed by atoms with Crippen molar-refractivity contribution in [3.63, 3.8) is 0 Å². The summed E-state index contributed by atoms with van der Waals surface area (Å²) in [6, 6.07) is 20.0. The zero-order valence-corrected chi connectivity index (χ0v) is 15.8. The molecule has 3 aromatic rings. The summed E-state index contributed by atoms with van der Waals surface area (Å²) in [5, 5.41) is 4.71. The van der Waals surface area contributed by atoms with Gasteiger partial charge in [0.2, 0.25) is 5.91 Å². The molecule has 146 valence electrons. The van der Waals surface area contributed by atoms with E-state index < -0.39 is 11.9 Å². The van der Waals surface area contributed by atoms with Crippen LogP contribution in [0.25, 0.3) is 10.8 Å². The molecule has 29 heavy (non-hydrogen) atoms. The van der Waals surface area contributed by atoms with E-state index in [1.54, 1.807) is 35.2 Å². The Hall–Kier alpha value is -3.67. The van der Waals surface area contributed by atoms with E-state index in [0.29, 0.717) is 24.2 Å². The van der Waals surface area contributed by atoms with Crippen LogP contribution in [0.5, 0.6) is 0 Å². The van der Waals surface area contributed by atoms with Crippen molar-refractivity contribution in [1.29, 1.82) is 0 Å². The molecule has 0 spiro atoms. The SMILES string of the molecule is O=C(COC(=O)c1ccc(N2CCCC2=O)cc1)Nc1cccc2ccccc12. The molecular formula is C23H20N2O4. The smallest absolute Gasteiger partial charge is 0.338 e. The van der Waals surface area contributed by atoms with Gasteiger partial charge in [0.05, 0.1) is 5.56 Å². The van der Waals surface area contributed by atoms with Crippen LogP contribution in [0.1, 0.15) is 23.2 Å². The van der Waals surface area contributed by atoms with Crippen molar-refractivity contribution in [2.24, 2.45) is 0 Å². The molecule has 0 unspecified atom stereocenters. The Kier molecular flexibility index (Phi) is 5.24. The van der Waals surface area contributed by atoms with E-state index in [4.69, 9.17) is 4.74 Å². The van der Waals surface area contributed by atoms with Crippen molar-refractivity contribution in [1.82, 2.24) is 0 Å². The van der Waals surface area contributed by atoms with Gasteiger partial charge in [-0.3, -0.25) is 9.59 Å². The number of ether oxygens (including phenoxy) is 1. The van der Waals surface area contributed by atoms with Gasteiger partial charge in [-0.05, 0) is 42.1 Å². The molecule has 6 nitrogen and oxygen atoms in total. The van der Waals surface area contributed by atoms with Gasteiger partial charge in [0.25, 0.3) is 5.91 Å². The maximum Gasteiger partial charge on any atom is 0.338 e. The first kappa shape index (κ1) is 18.7. The highest BCUT2D eigenvalue weighted by Crippen LogP contribution is 2.23. The fourth-order valence-electron chi connectivity index (χ4n) is 3.43. The molecule has 6 heteroatoms. The fraction of sp³-hybridized carbons (Fsp3) is 0.174. The highest BCUT2D eigenvalue weighted by atomic mass is 16.5. The summed E-state index contributed by atoms with van der Waals surface area (Å²) >= 11 is 0. The topological polar surface area (TPSA) is 75.7 Å². The molecule has 2 amide bonds. The van der Waals surface area contributed by atoms with E-state index >= 15 is 0 Å². The van der Waals surface area contributed by atoms with Crippen molar-refractivity contribution >= 4 is 39.9 Å². The lowest BCUT2D eigenvalue weighted by atomic mass is 10.1. The summed E-state index contributed by atoms with van der Waals surface area (Å²) < 4.78 is 5.13. The van der Waals surface area contributed by atoms with E-state index in [-0.39, 0.29) is 12.5 Å². The molecule has 1 heterocycles. The third-order valence-electron chi connectivity index (χ3n) is 4.89. The van der Waals surface area contributed by atoms with Gasteiger partial charge in [0.1, 0.15) is 0 Å². The Bertz CT molecular complexity index is 1070. The summed E-state index contributed by atoms with van der Waals surface area (Å²) in [6.45, 7) is 0.311. The molecule has 1 fully saturated rings. The molecule has 0 atom stereocenters. The van der Waals surface area contributed by atoms with Gasteiger partial charge in [-0.1, -0.05) is 36.4 Å². The van der Waals surface area contributed by atoms with Crippen LogP contribution < -0.4 is 10.2 Å². The minimum absolute atomic E-state index is 0.0884. The number of hydrogen-bond donors (Lipinski definition) is 1. The predicted octanol–water partition coefficient (Wildman–Crippen LogP) is 3.76. The number of nitrogens with one attached hydrogen (secondary N) is 1. The van der Waals surface area contributed by atoms with Crippen LogP contribution in [-0.4, -0.2) is 30.9 Å². The number of hydrogen-bond acceptors (Lipinski definition) is 4. The summed E-state index contributed by atoms with van der Waals surface area (Å²) in [6.07, 6.45) is 1.39. The number of rotatable bonds is 5. The molecular weight excluding hydrogens is 368 g/mol. The molecule has 1 N–H and O–H groups in total. The van der Waals surface area contributed by atoms with Gasteiger partial charge in [0, 0.05) is 29.7 Å². The summed E-state index contributed by atoms with van der Waals surface area (Å²) in [5.41, 5.74) is 1.76. The number of nitrogens with zero attached hydrogens (tertiary/aromatic N) is 1. The Morgan fingerprint density at radius 1 is 0.966 bits per heavy atom. The van der Waals surface area contributed by atoms with E-state index in [1.165, 1.54) is 0 Å². The molecule has 4 rings (SSSR count). The molecule has 0 bridgehead atoms. The molecule has 0 aromatic heterocycles. The normalized spacial score (nSPS) is 13.5. The van der Waals surface area contributed by atoms with Gasteiger partial charge in [-0.25, -0.2) is 4.79 Å². The third kappa shape index (κ3) is 4.11. The Morgan fingerprint density at radius 2 is 1.72 bits per heavy atom. The van der Waals surface area contributed by atoms with Crippen molar-refractivity contribution < 1.29 is 19.1 Å². The lowest BCUT2D eigenvalue weighted by Gasteiger charge is -2.15. The number of anilines is 2. The second-order valence-corrected chi connectivity index (χ2v) is 6.85. The van der Waals surface area contributed by atoms with Gasteiger partial charge in [-0.15, -0.1) is 0 Å². The molecule has 1 aliphatic heterocycles. The highest BCUT2D eigenvalue weighted by molar-refractivity contribution is 6.03. The standard InChI is InChI=1S/C23H20N2O4/c26-21(24-20-8-3-6-16-5-1-2-7-19(16)20)15-29-23(28)17-10-12-18(13-11-17)25-14-4-9-22(25)27/h1-3,5-8,10-13H,4,9,14-15H2,(H,24,26). The Balaban J connectivity index is 1.35. The van der Waals surface area contributed by atoms with Crippen molar-refractivity contribution in [3.05, 3.63) is 72.3 Å². The second kappa shape index (κ2) is 8.14. The Labute approximate surface area is 168 Å². The van der Waals surface area contributed by atoms with Crippen LogP contribution in [0, 0.1) is 0 Å². The largest absolute Gasteiger partial charge is 0.452 e. The van der Waals surface area contributed by atoms with E-state index in [9.17, 15) is 14.4 Å². The number of esters is 1. The first-order valence-electron chi connectivity index (χ1n) is 9.47. The summed E-state index contributed by atoms with van der Waals surface area (Å²) in [4.78, 5) is 37.9. The first-order valence-corrected chi connectivity index (χ1v) is 9.47. The average molecular weight is 388 g/mol. The number of carbonyl (C=O) groups excluding carboxylic acids is 3. The summed E-state index contributed by atoms with van der Waals surface area (Å²) in [7, 11) is 0. The van der Waals surface area contributed by atoms with Crippen LogP contribution in [0.3, 0.4) is 0 Å². The van der Waals surface area contributed by atoms with Crippen LogP contribution in [-0.2, 0) is 14.3 Å². The van der Waals surface area contributed by atoms with Crippen LogP contribution in [0.2, 0.25) is 0 Å². The monoisotopic (exact) mass is 388 g/mol. The van der Waals surface area contributed by atoms with Gasteiger partial charge >= 0.3 is 5.97 Å². The zero-order chi connectivity index (χ0) is 20.2. The molecule has 0 aliphatic carbocycles. The van der Waals surface area contributed by atoms with Crippen LogP contribution in [0.4, 0.5) is 11.4 Å². The molecule has 1 saturated heterocycles. The average Bonchev–Trinajstić information content (AvgIpc) is 3.18. The minimum Gasteiger partial charge on any atom is -0.452 e. The van der Waals surface area contributed by atoms with Gasteiger partial charge in [0.15, 0.2) is 6.61 Å². The lowest BCUT2D eigenvalue weighted by Crippen LogP contribution is -2.23. The van der Waals surface area contributed by atoms with Gasteiger partial charge < -0.3 is 15.0 Å². The highest BCUT2D eigenvalue weighted by Gasteiger charge is 2.22. The molecule has 0 saturated carbocycles. The maximum atomic E-state index is 12.2. The molecule has 3 aromatic carbocycles.